The van der Waals surface area contributed by atoms with E-state index in [1.807, 2.05) is 0 Å². The lowest BCUT2D eigenvalue weighted by Gasteiger charge is -2.28. The summed E-state index contributed by atoms with van der Waals surface area (Å²) < 4.78 is 2.46. The van der Waals surface area contributed by atoms with Gasteiger partial charge >= 0.3 is 0 Å². The number of hydrogen-bond donors (Lipinski definition) is 0. The predicted octanol–water partition coefficient (Wildman–Crippen LogP) is 17.9. The second kappa shape index (κ2) is 15.5. The first-order valence-electron chi connectivity index (χ1n) is 22.8. The van der Waals surface area contributed by atoms with E-state index in [1.54, 1.807) is 0 Å². The minimum atomic E-state index is 1.08. The molecule has 66 heavy (non-hydrogen) atoms. The van der Waals surface area contributed by atoms with Crippen LogP contribution >= 0.6 is 0 Å². The van der Waals surface area contributed by atoms with Crippen LogP contribution < -0.4 is 4.90 Å². The third-order valence-corrected chi connectivity index (χ3v) is 13.5. The van der Waals surface area contributed by atoms with E-state index in [9.17, 15) is 0 Å². The summed E-state index contributed by atoms with van der Waals surface area (Å²) >= 11 is 0. The first-order valence-corrected chi connectivity index (χ1v) is 22.8. The fraction of sp³-hybridized carbons (Fsp3) is 0. The summed E-state index contributed by atoms with van der Waals surface area (Å²) in [6, 6.07) is 93.4. The van der Waals surface area contributed by atoms with Crippen molar-refractivity contribution in [1.29, 1.82) is 0 Å². The lowest BCUT2D eigenvalue weighted by atomic mass is 9.85. The Hall–Kier alpha value is -8.72. The molecule has 0 saturated carbocycles. The largest absolute Gasteiger partial charge is 0.310 e. The van der Waals surface area contributed by atoms with Crippen LogP contribution in [-0.4, -0.2) is 4.57 Å². The molecule has 0 amide bonds. The Kier molecular flexibility index (Phi) is 8.89. The maximum absolute atomic E-state index is 2.48. The number of fused-ring (bicyclic) bond motifs is 8. The van der Waals surface area contributed by atoms with Gasteiger partial charge in [0.1, 0.15) is 0 Å². The van der Waals surface area contributed by atoms with Gasteiger partial charge in [-0.1, -0.05) is 200 Å². The van der Waals surface area contributed by atoms with Crippen molar-refractivity contribution in [3.05, 3.63) is 255 Å². The summed E-state index contributed by atoms with van der Waals surface area (Å²) in [7, 11) is 0. The van der Waals surface area contributed by atoms with Gasteiger partial charge in [0.05, 0.1) is 22.4 Å². The molecule has 0 aliphatic rings. The van der Waals surface area contributed by atoms with Gasteiger partial charge in [-0.25, -0.2) is 0 Å². The Morgan fingerprint density at radius 3 is 1.59 bits per heavy atom. The Morgan fingerprint density at radius 1 is 0.273 bits per heavy atom. The second-order valence-corrected chi connectivity index (χ2v) is 17.2. The molecule has 0 radical (unpaired) electrons. The summed E-state index contributed by atoms with van der Waals surface area (Å²) in [6.45, 7) is 0. The maximum Gasteiger partial charge on any atom is 0.0562 e. The van der Waals surface area contributed by atoms with Crippen LogP contribution in [0, 0.1) is 0 Å². The van der Waals surface area contributed by atoms with Gasteiger partial charge in [-0.2, -0.15) is 0 Å². The molecule has 1 aromatic heterocycles. The van der Waals surface area contributed by atoms with Crippen molar-refractivity contribution >= 4 is 82.0 Å². The summed E-state index contributed by atoms with van der Waals surface area (Å²) in [5.41, 5.74) is 14.0. The molecule has 0 aliphatic carbocycles. The van der Waals surface area contributed by atoms with Crippen molar-refractivity contribution < 1.29 is 0 Å². The molecule has 0 unspecified atom stereocenters. The van der Waals surface area contributed by atoms with E-state index in [0.29, 0.717) is 0 Å². The Balaban J connectivity index is 1.10. The van der Waals surface area contributed by atoms with Gasteiger partial charge in [0.25, 0.3) is 0 Å². The molecule has 0 aliphatic heterocycles. The molecule has 2 nitrogen and oxygen atoms in total. The zero-order chi connectivity index (χ0) is 43.6. The highest BCUT2D eigenvalue weighted by atomic mass is 15.1. The zero-order valence-corrected chi connectivity index (χ0v) is 36.1. The van der Waals surface area contributed by atoms with Crippen LogP contribution in [0.1, 0.15) is 0 Å². The summed E-state index contributed by atoms with van der Waals surface area (Å²) in [5, 5.41) is 12.3. The van der Waals surface area contributed by atoms with E-state index >= 15 is 0 Å². The van der Waals surface area contributed by atoms with Crippen molar-refractivity contribution in [2.24, 2.45) is 0 Å². The fourth-order valence-electron chi connectivity index (χ4n) is 10.6. The lowest BCUT2D eigenvalue weighted by Crippen LogP contribution is -2.10. The first kappa shape index (κ1) is 37.8. The van der Waals surface area contributed by atoms with Crippen LogP contribution in [0.4, 0.5) is 17.1 Å². The summed E-state index contributed by atoms with van der Waals surface area (Å²) in [6.07, 6.45) is 0. The van der Waals surface area contributed by atoms with E-state index in [2.05, 4.69) is 264 Å². The monoisotopic (exact) mass is 838 g/mol. The number of hydrogen-bond acceptors (Lipinski definition) is 1. The average molecular weight is 839 g/mol. The minimum absolute atomic E-state index is 1.08. The molecule has 2 heteroatoms. The minimum Gasteiger partial charge on any atom is -0.310 e. The van der Waals surface area contributed by atoms with Gasteiger partial charge in [0.2, 0.25) is 0 Å². The van der Waals surface area contributed by atoms with E-state index < -0.39 is 0 Å². The van der Waals surface area contributed by atoms with Gasteiger partial charge in [-0.3, -0.25) is 0 Å². The molecular formula is C64H42N2. The van der Waals surface area contributed by atoms with Crippen molar-refractivity contribution in [3.8, 4) is 39.1 Å². The molecule has 13 aromatic rings. The number of aromatic nitrogens is 1. The Labute approximate surface area is 383 Å². The molecular weight excluding hydrogens is 797 g/mol. The molecule has 12 aromatic carbocycles. The number of benzene rings is 12. The smallest absolute Gasteiger partial charge is 0.0562 e. The molecule has 0 atom stereocenters. The molecule has 0 saturated heterocycles. The lowest BCUT2D eigenvalue weighted by molar-refractivity contribution is 1.20. The fourth-order valence-corrected chi connectivity index (χ4v) is 10.6. The van der Waals surface area contributed by atoms with Gasteiger partial charge in [0, 0.05) is 27.5 Å². The molecule has 0 N–H and O–H groups in total. The van der Waals surface area contributed by atoms with Gasteiger partial charge in [0.15, 0.2) is 0 Å². The highest BCUT2D eigenvalue weighted by molar-refractivity contribution is 6.23. The molecule has 0 fully saturated rings. The number of rotatable bonds is 7. The maximum atomic E-state index is 2.48. The van der Waals surface area contributed by atoms with Crippen LogP contribution in [0.2, 0.25) is 0 Å². The highest BCUT2D eigenvalue weighted by Gasteiger charge is 2.24. The zero-order valence-electron chi connectivity index (χ0n) is 36.1. The van der Waals surface area contributed by atoms with Gasteiger partial charge < -0.3 is 9.47 Å². The van der Waals surface area contributed by atoms with Crippen molar-refractivity contribution in [2.75, 3.05) is 4.90 Å². The van der Waals surface area contributed by atoms with Crippen molar-refractivity contribution in [2.45, 2.75) is 0 Å². The standard InChI is InChI=1S/C64H42N2/c1-3-19-46(20-4-1)62-55-27-12-11-26-53(55)54-40-39-51(42-57(54)63(62)47-21-5-2-6-22-47)65(50-37-35-44(36-38-50)49-34-33-43-17-7-8-23-48(43)41-49)60-31-16-32-61-64(60)56-28-13-14-29-59(56)66(61)58-30-15-24-45-18-9-10-25-52(45)58/h1-42H. The van der Waals surface area contributed by atoms with Crippen LogP contribution in [0.15, 0.2) is 255 Å². The molecule has 13 rings (SSSR count). The van der Waals surface area contributed by atoms with E-state index in [4.69, 9.17) is 0 Å². The van der Waals surface area contributed by atoms with Crippen molar-refractivity contribution in [1.82, 2.24) is 4.57 Å². The van der Waals surface area contributed by atoms with Crippen molar-refractivity contribution in [3.63, 3.8) is 0 Å². The predicted molar refractivity (Wildman–Crippen MR) is 282 cm³/mol. The third-order valence-electron chi connectivity index (χ3n) is 13.5. The number of anilines is 3. The van der Waals surface area contributed by atoms with E-state index in [1.165, 1.54) is 98.4 Å². The third kappa shape index (κ3) is 6.11. The number of para-hydroxylation sites is 1. The van der Waals surface area contributed by atoms with Gasteiger partial charge in [-0.15, -0.1) is 0 Å². The van der Waals surface area contributed by atoms with Crippen LogP contribution in [0.25, 0.3) is 104 Å². The summed E-state index contributed by atoms with van der Waals surface area (Å²) in [5.74, 6) is 0. The van der Waals surface area contributed by atoms with Crippen LogP contribution in [0.5, 0.6) is 0 Å². The number of nitrogens with zero attached hydrogens (tertiary/aromatic N) is 2. The second-order valence-electron chi connectivity index (χ2n) is 17.2. The summed E-state index contributed by atoms with van der Waals surface area (Å²) in [4.78, 5) is 2.48. The molecule has 1 heterocycles. The van der Waals surface area contributed by atoms with Gasteiger partial charge in [-0.05, 0) is 126 Å². The topological polar surface area (TPSA) is 8.17 Å². The highest BCUT2D eigenvalue weighted by Crippen LogP contribution is 2.49. The molecule has 0 bridgehead atoms. The van der Waals surface area contributed by atoms with Crippen LogP contribution in [-0.2, 0) is 0 Å². The Bertz CT molecular complexity index is 3970. The molecule has 308 valence electrons. The molecule has 0 spiro atoms. The quantitative estimate of drug-likeness (QED) is 0.145. The Morgan fingerprint density at radius 2 is 0.818 bits per heavy atom. The van der Waals surface area contributed by atoms with Crippen LogP contribution in [0.3, 0.4) is 0 Å². The van der Waals surface area contributed by atoms with E-state index in [-0.39, 0.29) is 0 Å². The SMILES string of the molecule is c1ccc(-c2c(-c3ccccc3)c3cc(N(c4ccc(-c5ccc6ccccc6c5)cc4)c4cccc5c4c4ccccc4n5-c4cccc5ccccc45)ccc3c3ccccc23)cc1. The first-order chi connectivity index (χ1) is 32.8. The average Bonchev–Trinajstić information content (AvgIpc) is 3.73. The normalized spacial score (nSPS) is 11.6. The van der Waals surface area contributed by atoms with E-state index in [0.717, 1.165) is 22.6 Å².